The summed E-state index contributed by atoms with van der Waals surface area (Å²) in [7, 11) is 0. The number of ether oxygens (including phenoxy) is 2. The minimum absolute atomic E-state index is 0.730. The lowest BCUT2D eigenvalue weighted by atomic mass is 10.1. The number of benzene rings is 2. The topological polar surface area (TPSA) is 37.8 Å². The molecule has 0 saturated carbocycles. The van der Waals surface area contributed by atoms with E-state index in [-0.39, 0.29) is 0 Å². The van der Waals surface area contributed by atoms with Crippen LogP contribution in [-0.2, 0) is 0 Å². The first kappa shape index (κ1) is 21.5. The molecule has 0 spiro atoms. The van der Waals surface area contributed by atoms with Gasteiger partial charge in [0.15, 0.2) is 0 Å². The zero-order valence-electron chi connectivity index (χ0n) is 19.1. The molecule has 0 N–H and O–H groups in total. The van der Waals surface area contributed by atoms with Crippen LogP contribution in [0.2, 0.25) is 0 Å². The van der Waals surface area contributed by atoms with Crippen LogP contribution in [0.15, 0.2) is 42.5 Å². The molecule has 5 nitrogen and oxygen atoms in total. The fraction of sp³-hybridized carbons (Fsp3) is 0.519. The Morgan fingerprint density at radius 1 is 0.594 bits per heavy atom. The van der Waals surface area contributed by atoms with Gasteiger partial charge >= 0.3 is 0 Å². The average molecular weight is 434 g/mol. The van der Waals surface area contributed by atoms with Gasteiger partial charge in [-0.1, -0.05) is 12.8 Å². The maximum absolute atomic E-state index is 6.05. The second kappa shape index (κ2) is 10.5. The Hall–Kier alpha value is -2.37. The van der Waals surface area contributed by atoms with E-state index in [1.807, 2.05) is 0 Å². The zero-order chi connectivity index (χ0) is 21.6. The summed E-state index contributed by atoms with van der Waals surface area (Å²) in [5, 5.41) is 2.28. The molecule has 5 heteroatoms. The van der Waals surface area contributed by atoms with Crippen molar-refractivity contribution in [2.45, 2.75) is 38.5 Å². The number of aromatic nitrogens is 1. The molecular formula is C27H35N3O2. The first-order valence-electron chi connectivity index (χ1n) is 12.4. The van der Waals surface area contributed by atoms with Crippen LogP contribution in [0.4, 0.5) is 0 Å². The van der Waals surface area contributed by atoms with Gasteiger partial charge in [-0.15, -0.1) is 0 Å². The van der Waals surface area contributed by atoms with Gasteiger partial charge in [0.1, 0.15) is 24.7 Å². The molecule has 2 aliphatic heterocycles. The summed E-state index contributed by atoms with van der Waals surface area (Å²) in [4.78, 5) is 9.92. The first-order chi connectivity index (χ1) is 15.8. The lowest BCUT2D eigenvalue weighted by molar-refractivity contribution is 0.183. The van der Waals surface area contributed by atoms with Crippen molar-refractivity contribution in [1.29, 1.82) is 0 Å². The van der Waals surface area contributed by atoms with E-state index in [4.69, 9.17) is 14.5 Å². The molecule has 0 radical (unpaired) electrons. The number of hydrogen-bond donors (Lipinski definition) is 0. The van der Waals surface area contributed by atoms with E-state index in [0.717, 1.165) is 59.6 Å². The summed E-state index contributed by atoms with van der Waals surface area (Å²) < 4.78 is 12.1. The number of fused-ring (bicyclic) bond motifs is 2. The van der Waals surface area contributed by atoms with Crippen molar-refractivity contribution >= 4 is 21.8 Å². The van der Waals surface area contributed by atoms with E-state index in [0.29, 0.717) is 0 Å². The number of likely N-dealkylation sites (tertiary alicyclic amines) is 2. The van der Waals surface area contributed by atoms with Crippen LogP contribution in [0.1, 0.15) is 38.5 Å². The molecule has 0 amide bonds. The van der Waals surface area contributed by atoms with Gasteiger partial charge in [0, 0.05) is 36.0 Å². The zero-order valence-corrected chi connectivity index (χ0v) is 19.1. The molecule has 0 unspecified atom stereocenters. The quantitative estimate of drug-likeness (QED) is 0.461. The van der Waals surface area contributed by atoms with Crippen molar-refractivity contribution in [3.8, 4) is 11.5 Å². The first-order valence-corrected chi connectivity index (χ1v) is 12.4. The van der Waals surface area contributed by atoms with Crippen molar-refractivity contribution < 1.29 is 9.47 Å². The summed E-state index contributed by atoms with van der Waals surface area (Å²) in [6.45, 7) is 8.28. The number of pyridine rings is 1. The normalized spacial score (nSPS) is 18.2. The number of nitrogens with zero attached hydrogens (tertiary/aromatic N) is 3. The Labute approximate surface area is 191 Å². The number of piperidine rings is 2. The molecule has 0 atom stereocenters. The highest BCUT2D eigenvalue weighted by atomic mass is 16.5. The van der Waals surface area contributed by atoms with Gasteiger partial charge in [-0.3, -0.25) is 9.80 Å². The third kappa shape index (κ3) is 5.51. The van der Waals surface area contributed by atoms with Crippen LogP contribution in [0, 0.1) is 0 Å². The third-order valence-corrected chi connectivity index (χ3v) is 6.81. The summed E-state index contributed by atoms with van der Waals surface area (Å²) in [6.07, 6.45) is 8.00. The minimum atomic E-state index is 0.730. The Morgan fingerprint density at radius 2 is 1.06 bits per heavy atom. The van der Waals surface area contributed by atoms with Gasteiger partial charge in [-0.05, 0) is 82.2 Å². The van der Waals surface area contributed by atoms with Crippen molar-refractivity contribution in [1.82, 2.24) is 14.8 Å². The van der Waals surface area contributed by atoms with Gasteiger partial charge in [0.2, 0.25) is 0 Å². The van der Waals surface area contributed by atoms with Crippen LogP contribution in [0.3, 0.4) is 0 Å². The SMILES string of the molecule is c1cc2cc3ccc(OCCN4CCCCC4)cc3nc2cc1OCCN1CCCCC1. The monoisotopic (exact) mass is 433 g/mol. The van der Waals surface area contributed by atoms with E-state index in [1.165, 1.54) is 64.7 Å². The van der Waals surface area contributed by atoms with Crippen LogP contribution in [0.5, 0.6) is 11.5 Å². The van der Waals surface area contributed by atoms with E-state index in [1.54, 1.807) is 0 Å². The highest BCUT2D eigenvalue weighted by Crippen LogP contribution is 2.26. The second-order valence-electron chi connectivity index (χ2n) is 9.20. The lowest BCUT2D eigenvalue weighted by Crippen LogP contribution is -2.33. The molecule has 3 heterocycles. The van der Waals surface area contributed by atoms with Gasteiger partial charge in [-0.25, -0.2) is 4.98 Å². The molecule has 2 saturated heterocycles. The second-order valence-corrected chi connectivity index (χ2v) is 9.20. The fourth-order valence-corrected chi connectivity index (χ4v) is 4.91. The molecule has 3 aromatic rings. The molecule has 170 valence electrons. The molecule has 2 aromatic carbocycles. The Morgan fingerprint density at radius 3 is 1.53 bits per heavy atom. The van der Waals surface area contributed by atoms with Gasteiger partial charge in [0.05, 0.1) is 11.0 Å². The van der Waals surface area contributed by atoms with Crippen molar-refractivity contribution in [2.75, 3.05) is 52.5 Å². The van der Waals surface area contributed by atoms with Gasteiger partial charge < -0.3 is 9.47 Å². The molecule has 2 fully saturated rings. The smallest absolute Gasteiger partial charge is 0.121 e. The van der Waals surface area contributed by atoms with Crippen LogP contribution in [0.25, 0.3) is 21.8 Å². The van der Waals surface area contributed by atoms with Crippen molar-refractivity contribution in [2.24, 2.45) is 0 Å². The Bertz CT molecular complexity index is 947. The lowest BCUT2D eigenvalue weighted by Gasteiger charge is -2.26. The minimum Gasteiger partial charge on any atom is -0.492 e. The highest BCUT2D eigenvalue weighted by Gasteiger charge is 2.11. The maximum Gasteiger partial charge on any atom is 0.121 e. The molecule has 0 bridgehead atoms. The summed E-state index contributed by atoms with van der Waals surface area (Å²) in [5.41, 5.74) is 1.94. The molecular weight excluding hydrogens is 398 g/mol. The van der Waals surface area contributed by atoms with Crippen LogP contribution in [-0.4, -0.2) is 67.3 Å². The summed E-state index contributed by atoms with van der Waals surface area (Å²) in [5.74, 6) is 1.80. The van der Waals surface area contributed by atoms with E-state index in [2.05, 4.69) is 52.3 Å². The maximum atomic E-state index is 6.05. The number of rotatable bonds is 8. The molecule has 32 heavy (non-hydrogen) atoms. The van der Waals surface area contributed by atoms with Gasteiger partial charge in [-0.2, -0.15) is 0 Å². The Balaban J connectivity index is 1.22. The van der Waals surface area contributed by atoms with E-state index < -0.39 is 0 Å². The summed E-state index contributed by atoms with van der Waals surface area (Å²) in [6, 6.07) is 14.7. The molecule has 5 rings (SSSR count). The van der Waals surface area contributed by atoms with E-state index in [9.17, 15) is 0 Å². The predicted octanol–water partition coefficient (Wildman–Crippen LogP) is 5.12. The molecule has 1 aromatic heterocycles. The van der Waals surface area contributed by atoms with E-state index >= 15 is 0 Å². The van der Waals surface area contributed by atoms with Crippen LogP contribution >= 0.6 is 0 Å². The molecule has 2 aliphatic rings. The Kier molecular flexibility index (Phi) is 7.04. The average Bonchev–Trinajstić information content (AvgIpc) is 2.84. The fourth-order valence-electron chi connectivity index (χ4n) is 4.91. The van der Waals surface area contributed by atoms with Crippen molar-refractivity contribution in [3.05, 3.63) is 42.5 Å². The van der Waals surface area contributed by atoms with Crippen LogP contribution < -0.4 is 9.47 Å². The number of hydrogen-bond acceptors (Lipinski definition) is 5. The molecule has 0 aliphatic carbocycles. The standard InChI is InChI=1S/C27H35N3O2/c1-3-11-29(12-4-1)15-17-31-24-9-7-22-19-23-8-10-25(21-27(23)28-26(22)20-24)32-18-16-30-13-5-2-6-14-30/h7-10,19-21H,1-6,11-18H2. The van der Waals surface area contributed by atoms with Gasteiger partial charge in [0.25, 0.3) is 0 Å². The highest BCUT2D eigenvalue weighted by molar-refractivity contribution is 5.93. The predicted molar refractivity (Wildman–Crippen MR) is 131 cm³/mol. The van der Waals surface area contributed by atoms with Crippen molar-refractivity contribution in [3.63, 3.8) is 0 Å². The third-order valence-electron chi connectivity index (χ3n) is 6.81. The largest absolute Gasteiger partial charge is 0.492 e. The summed E-state index contributed by atoms with van der Waals surface area (Å²) >= 11 is 0.